The molecule has 0 saturated carbocycles. The number of carbonyl (C=O) groups excluding carboxylic acids is 2. The Bertz CT molecular complexity index is 1060. The molecule has 0 radical (unpaired) electrons. The first-order valence-corrected chi connectivity index (χ1v) is 10.0. The molecule has 0 saturated heterocycles. The van der Waals surface area contributed by atoms with Gasteiger partial charge in [-0.1, -0.05) is 30.3 Å². The fraction of sp³-hybridized carbons (Fsp3) is 0.348. The minimum Gasteiger partial charge on any atom is -0.360 e. The number of benzene rings is 1. The molecular formula is C23H28N4O3. The van der Waals surface area contributed by atoms with Crippen molar-refractivity contribution in [3.8, 4) is 5.82 Å². The molecule has 0 aliphatic carbocycles. The Balaban J connectivity index is 1.65. The lowest BCUT2D eigenvalue weighted by Gasteiger charge is -2.16. The van der Waals surface area contributed by atoms with Gasteiger partial charge in [0.25, 0.3) is 0 Å². The third-order valence-electron chi connectivity index (χ3n) is 5.08. The zero-order chi connectivity index (χ0) is 21.8. The van der Waals surface area contributed by atoms with E-state index in [1.54, 1.807) is 11.9 Å². The standard InChI is InChI=1S/C23H28N4O3/c1-6-18-9-7-8-10-20(18)24-23(29)14-26(5)13-21(28)19-11-15(2)27(17(19)4)22-12-16(3)30-25-22/h7-12H,6,13-14H2,1-5H3,(H,24,29). The Labute approximate surface area is 176 Å². The molecule has 0 aliphatic rings. The molecule has 3 aromatic rings. The van der Waals surface area contributed by atoms with E-state index in [0.717, 1.165) is 29.1 Å². The molecular weight excluding hydrogens is 380 g/mol. The van der Waals surface area contributed by atoms with Gasteiger partial charge in [0.05, 0.1) is 13.1 Å². The molecule has 1 N–H and O–H groups in total. The summed E-state index contributed by atoms with van der Waals surface area (Å²) >= 11 is 0. The van der Waals surface area contributed by atoms with Crippen LogP contribution in [0.15, 0.2) is 40.9 Å². The van der Waals surface area contributed by atoms with E-state index in [1.807, 2.05) is 68.7 Å². The molecule has 0 aliphatic heterocycles. The van der Waals surface area contributed by atoms with E-state index < -0.39 is 0 Å². The molecule has 2 heterocycles. The van der Waals surface area contributed by atoms with Gasteiger partial charge in [-0.05, 0) is 51.9 Å². The van der Waals surface area contributed by atoms with Crippen molar-refractivity contribution in [1.29, 1.82) is 0 Å². The quantitative estimate of drug-likeness (QED) is 0.575. The number of Topliss-reactive ketones (excluding diaryl/α,β-unsaturated/α-hetero) is 1. The van der Waals surface area contributed by atoms with Crippen LogP contribution in [0.3, 0.4) is 0 Å². The topological polar surface area (TPSA) is 80.4 Å². The van der Waals surface area contributed by atoms with Crippen LogP contribution in [-0.4, -0.2) is 46.5 Å². The molecule has 1 aromatic carbocycles. The summed E-state index contributed by atoms with van der Waals surface area (Å²) in [5.41, 5.74) is 4.23. The second-order valence-corrected chi connectivity index (χ2v) is 7.57. The Morgan fingerprint density at radius 2 is 1.87 bits per heavy atom. The lowest BCUT2D eigenvalue weighted by Crippen LogP contribution is -2.34. The highest BCUT2D eigenvalue weighted by atomic mass is 16.5. The monoisotopic (exact) mass is 408 g/mol. The number of anilines is 1. The summed E-state index contributed by atoms with van der Waals surface area (Å²) < 4.78 is 7.06. The van der Waals surface area contributed by atoms with Gasteiger partial charge in [-0.25, -0.2) is 0 Å². The number of likely N-dealkylation sites (N-methyl/N-ethyl adjacent to an activating group) is 1. The summed E-state index contributed by atoms with van der Waals surface area (Å²) in [6.07, 6.45) is 0.839. The summed E-state index contributed by atoms with van der Waals surface area (Å²) in [4.78, 5) is 27.0. The minimum atomic E-state index is -0.144. The highest BCUT2D eigenvalue weighted by molar-refractivity contribution is 6.00. The van der Waals surface area contributed by atoms with E-state index in [2.05, 4.69) is 10.5 Å². The summed E-state index contributed by atoms with van der Waals surface area (Å²) in [5.74, 6) is 1.18. The van der Waals surface area contributed by atoms with E-state index in [4.69, 9.17) is 4.52 Å². The molecule has 0 atom stereocenters. The number of amides is 1. The van der Waals surface area contributed by atoms with Crippen molar-refractivity contribution in [2.45, 2.75) is 34.1 Å². The molecule has 0 bridgehead atoms. The SMILES string of the molecule is CCc1ccccc1NC(=O)CN(C)CC(=O)c1cc(C)n(-c2cc(C)on2)c1C. The van der Waals surface area contributed by atoms with Gasteiger partial charge in [0.1, 0.15) is 5.76 Å². The van der Waals surface area contributed by atoms with E-state index in [-0.39, 0.29) is 24.8 Å². The molecule has 7 heteroatoms. The highest BCUT2D eigenvalue weighted by Gasteiger charge is 2.20. The number of hydrogen-bond acceptors (Lipinski definition) is 5. The average Bonchev–Trinajstić information content (AvgIpc) is 3.24. The number of aryl methyl sites for hydroxylation is 3. The fourth-order valence-corrected chi connectivity index (χ4v) is 3.63. The van der Waals surface area contributed by atoms with Crippen molar-refractivity contribution in [2.75, 3.05) is 25.5 Å². The van der Waals surface area contributed by atoms with Crippen LogP contribution in [0.2, 0.25) is 0 Å². The Morgan fingerprint density at radius 1 is 1.13 bits per heavy atom. The first-order valence-electron chi connectivity index (χ1n) is 10.0. The van der Waals surface area contributed by atoms with Gasteiger partial charge in [-0.15, -0.1) is 0 Å². The van der Waals surface area contributed by atoms with E-state index in [1.165, 1.54) is 0 Å². The highest BCUT2D eigenvalue weighted by Crippen LogP contribution is 2.21. The molecule has 158 valence electrons. The third kappa shape index (κ3) is 4.68. The molecule has 7 nitrogen and oxygen atoms in total. The first-order chi connectivity index (χ1) is 14.3. The van der Waals surface area contributed by atoms with Crippen LogP contribution in [0.25, 0.3) is 5.82 Å². The summed E-state index contributed by atoms with van der Waals surface area (Å²) in [7, 11) is 1.77. The van der Waals surface area contributed by atoms with Crippen molar-refractivity contribution < 1.29 is 14.1 Å². The number of nitrogens with one attached hydrogen (secondary N) is 1. The van der Waals surface area contributed by atoms with Gasteiger partial charge in [0.15, 0.2) is 11.6 Å². The Morgan fingerprint density at radius 3 is 2.53 bits per heavy atom. The predicted octanol–water partition coefficient (Wildman–Crippen LogP) is 3.71. The van der Waals surface area contributed by atoms with Crippen LogP contribution in [-0.2, 0) is 11.2 Å². The number of para-hydroxylation sites is 1. The minimum absolute atomic E-state index is 0.0428. The molecule has 0 unspecified atom stereocenters. The number of hydrogen-bond donors (Lipinski definition) is 1. The van der Waals surface area contributed by atoms with E-state index >= 15 is 0 Å². The summed E-state index contributed by atoms with van der Waals surface area (Å²) in [6, 6.07) is 11.4. The number of nitrogens with zero attached hydrogens (tertiary/aromatic N) is 3. The van der Waals surface area contributed by atoms with Gasteiger partial charge in [-0.2, -0.15) is 0 Å². The maximum absolute atomic E-state index is 12.9. The molecule has 0 spiro atoms. The van der Waals surface area contributed by atoms with Gasteiger partial charge in [0.2, 0.25) is 5.91 Å². The molecule has 30 heavy (non-hydrogen) atoms. The summed E-state index contributed by atoms with van der Waals surface area (Å²) in [5, 5.41) is 6.99. The van der Waals surface area contributed by atoms with Crippen molar-refractivity contribution >= 4 is 17.4 Å². The average molecular weight is 409 g/mol. The van der Waals surface area contributed by atoms with Crippen molar-refractivity contribution in [3.05, 3.63) is 64.7 Å². The van der Waals surface area contributed by atoms with Crippen molar-refractivity contribution in [3.63, 3.8) is 0 Å². The fourth-order valence-electron chi connectivity index (χ4n) is 3.63. The zero-order valence-corrected chi connectivity index (χ0v) is 18.2. The largest absolute Gasteiger partial charge is 0.360 e. The summed E-state index contributed by atoms with van der Waals surface area (Å²) in [6.45, 7) is 7.97. The van der Waals surface area contributed by atoms with Crippen LogP contribution < -0.4 is 5.32 Å². The Kier molecular flexibility index (Phi) is 6.52. The van der Waals surface area contributed by atoms with Gasteiger partial charge < -0.3 is 9.84 Å². The lowest BCUT2D eigenvalue weighted by atomic mass is 10.1. The maximum atomic E-state index is 12.9. The zero-order valence-electron chi connectivity index (χ0n) is 18.2. The van der Waals surface area contributed by atoms with Crippen LogP contribution >= 0.6 is 0 Å². The van der Waals surface area contributed by atoms with E-state index in [0.29, 0.717) is 17.1 Å². The molecule has 3 rings (SSSR count). The number of aromatic nitrogens is 2. The van der Waals surface area contributed by atoms with Gasteiger partial charge >= 0.3 is 0 Å². The number of ketones is 1. The van der Waals surface area contributed by atoms with Crippen LogP contribution in [0.4, 0.5) is 5.69 Å². The normalized spacial score (nSPS) is 11.1. The lowest BCUT2D eigenvalue weighted by molar-refractivity contribution is -0.116. The van der Waals surface area contributed by atoms with Gasteiger partial charge in [-0.3, -0.25) is 19.1 Å². The molecule has 2 aromatic heterocycles. The number of carbonyl (C=O) groups is 2. The predicted molar refractivity (Wildman–Crippen MR) is 116 cm³/mol. The van der Waals surface area contributed by atoms with Crippen LogP contribution in [0.1, 0.15) is 40.0 Å². The Hall–Kier alpha value is -3.19. The van der Waals surface area contributed by atoms with Crippen LogP contribution in [0.5, 0.6) is 0 Å². The van der Waals surface area contributed by atoms with E-state index in [9.17, 15) is 9.59 Å². The molecule has 0 fully saturated rings. The number of rotatable bonds is 8. The first kappa shape index (κ1) is 21.5. The van der Waals surface area contributed by atoms with Crippen LogP contribution in [0, 0.1) is 20.8 Å². The smallest absolute Gasteiger partial charge is 0.238 e. The van der Waals surface area contributed by atoms with Crippen molar-refractivity contribution in [1.82, 2.24) is 14.6 Å². The van der Waals surface area contributed by atoms with Crippen molar-refractivity contribution in [2.24, 2.45) is 0 Å². The second kappa shape index (κ2) is 9.09. The second-order valence-electron chi connectivity index (χ2n) is 7.57. The molecule has 1 amide bonds. The maximum Gasteiger partial charge on any atom is 0.238 e. The van der Waals surface area contributed by atoms with Gasteiger partial charge in [0, 0.05) is 28.7 Å². The third-order valence-corrected chi connectivity index (χ3v) is 5.08.